The number of ether oxygens (including phenoxy) is 1. The summed E-state index contributed by atoms with van der Waals surface area (Å²) in [5, 5.41) is 9.31. The van der Waals surface area contributed by atoms with E-state index in [0.717, 1.165) is 52.0 Å². The molecule has 218 valence electrons. The van der Waals surface area contributed by atoms with E-state index in [0.29, 0.717) is 32.0 Å². The van der Waals surface area contributed by atoms with Crippen molar-refractivity contribution in [2.45, 2.75) is 70.3 Å². The molecule has 1 amide bonds. The number of nitrogens with one attached hydrogen (secondary N) is 2. The number of nitrogens with zero attached hydrogens (tertiary/aromatic N) is 4. The van der Waals surface area contributed by atoms with Gasteiger partial charge in [0, 0.05) is 43.6 Å². The minimum Gasteiger partial charge on any atom is -0.380 e. The molecule has 0 bridgehead atoms. The van der Waals surface area contributed by atoms with Crippen molar-refractivity contribution in [2.75, 3.05) is 53.1 Å². The second-order valence-corrected chi connectivity index (χ2v) is 13.9. The van der Waals surface area contributed by atoms with Crippen LogP contribution in [-0.2, 0) is 9.53 Å². The lowest BCUT2D eigenvalue weighted by Gasteiger charge is -2.52. The van der Waals surface area contributed by atoms with Gasteiger partial charge in [-0.3, -0.25) is 14.6 Å². The molecule has 6 rings (SSSR count). The number of alkyl halides is 3. The molecule has 6 aliphatic rings. The summed E-state index contributed by atoms with van der Waals surface area (Å²) in [7, 11) is 2.09. The van der Waals surface area contributed by atoms with Crippen molar-refractivity contribution in [1.82, 2.24) is 25.6 Å². The Morgan fingerprint density at radius 2 is 1.95 bits per heavy atom. The molecule has 0 aromatic heterocycles. The van der Waals surface area contributed by atoms with Crippen molar-refractivity contribution >= 4 is 5.91 Å². The molecule has 2 aliphatic carbocycles. The van der Waals surface area contributed by atoms with Gasteiger partial charge in [-0.1, -0.05) is 6.42 Å². The molecule has 0 radical (unpaired) electrons. The highest BCUT2D eigenvalue weighted by molar-refractivity contribution is 5.82. The number of fused-ring (bicyclic) bond motifs is 1. The first-order valence-electron chi connectivity index (χ1n) is 14.8. The number of hydrazine groups is 1. The van der Waals surface area contributed by atoms with Gasteiger partial charge in [0.25, 0.3) is 0 Å². The highest BCUT2D eigenvalue weighted by Crippen LogP contribution is 2.53. The first-order valence-corrected chi connectivity index (χ1v) is 14.8. The molecule has 0 aromatic rings. The van der Waals surface area contributed by atoms with E-state index < -0.39 is 29.3 Å². The SMILES string of the molecule is CN1CNNC1CC1(C2CCCC(N3CC4C(CC(CN5CC(C)(C#N)C5)CC4C(F)(F)F)C3=O)C2)COC1. The molecule has 11 heteroatoms. The fourth-order valence-corrected chi connectivity index (χ4v) is 8.86. The molecule has 2 saturated carbocycles. The molecule has 7 atom stereocenters. The van der Waals surface area contributed by atoms with Crippen LogP contribution in [0.4, 0.5) is 13.2 Å². The molecule has 6 fully saturated rings. The summed E-state index contributed by atoms with van der Waals surface area (Å²) in [6.07, 6.45) is 1.34. The maximum absolute atomic E-state index is 14.3. The number of likely N-dealkylation sites (tertiary alicyclic amines) is 2. The van der Waals surface area contributed by atoms with E-state index in [2.05, 4.69) is 33.8 Å². The Labute approximate surface area is 229 Å². The van der Waals surface area contributed by atoms with Crippen LogP contribution in [-0.4, -0.2) is 92.1 Å². The molecule has 4 heterocycles. The van der Waals surface area contributed by atoms with Crippen LogP contribution in [0.1, 0.15) is 51.9 Å². The van der Waals surface area contributed by atoms with E-state index in [1.807, 2.05) is 11.8 Å². The van der Waals surface area contributed by atoms with Gasteiger partial charge in [0.15, 0.2) is 0 Å². The summed E-state index contributed by atoms with van der Waals surface area (Å²) in [4.78, 5) is 20.0. The van der Waals surface area contributed by atoms with Crippen LogP contribution in [0.2, 0.25) is 0 Å². The van der Waals surface area contributed by atoms with Crippen LogP contribution in [0, 0.1) is 51.8 Å². The Bertz CT molecular complexity index is 977. The Morgan fingerprint density at radius 3 is 2.56 bits per heavy atom. The van der Waals surface area contributed by atoms with E-state index >= 15 is 0 Å². The zero-order chi connectivity index (χ0) is 27.6. The zero-order valence-corrected chi connectivity index (χ0v) is 23.2. The molecular weight excluding hydrogens is 509 g/mol. The van der Waals surface area contributed by atoms with Gasteiger partial charge in [-0.05, 0) is 70.3 Å². The Kier molecular flexibility index (Phi) is 7.19. The molecule has 8 nitrogen and oxygen atoms in total. The summed E-state index contributed by atoms with van der Waals surface area (Å²) in [6.45, 7) is 6.11. The van der Waals surface area contributed by atoms with Crippen LogP contribution in [0.3, 0.4) is 0 Å². The number of carbonyl (C=O) groups is 1. The van der Waals surface area contributed by atoms with Crippen molar-refractivity contribution in [3.63, 3.8) is 0 Å². The summed E-state index contributed by atoms with van der Waals surface area (Å²) in [5.74, 6) is -2.41. The zero-order valence-electron chi connectivity index (χ0n) is 23.2. The van der Waals surface area contributed by atoms with Crippen LogP contribution >= 0.6 is 0 Å². The van der Waals surface area contributed by atoms with Crippen molar-refractivity contribution in [1.29, 1.82) is 5.26 Å². The molecule has 39 heavy (non-hydrogen) atoms. The van der Waals surface area contributed by atoms with Crippen molar-refractivity contribution in [3.05, 3.63) is 0 Å². The third-order valence-corrected chi connectivity index (χ3v) is 11.0. The summed E-state index contributed by atoms with van der Waals surface area (Å²) >= 11 is 0. The van der Waals surface area contributed by atoms with Crippen LogP contribution < -0.4 is 10.9 Å². The van der Waals surface area contributed by atoms with Gasteiger partial charge < -0.3 is 9.64 Å². The Balaban J connectivity index is 1.14. The number of carbonyl (C=O) groups excluding carboxylic acids is 1. The molecule has 4 aliphatic heterocycles. The highest BCUT2D eigenvalue weighted by Gasteiger charge is 2.59. The van der Waals surface area contributed by atoms with Crippen molar-refractivity contribution in [3.8, 4) is 6.07 Å². The largest absolute Gasteiger partial charge is 0.392 e. The van der Waals surface area contributed by atoms with Crippen LogP contribution in [0.5, 0.6) is 0 Å². The predicted octanol–water partition coefficient (Wildman–Crippen LogP) is 2.78. The quantitative estimate of drug-likeness (QED) is 0.524. The van der Waals surface area contributed by atoms with Crippen LogP contribution in [0.15, 0.2) is 0 Å². The van der Waals surface area contributed by atoms with E-state index in [-0.39, 0.29) is 42.4 Å². The summed E-state index contributed by atoms with van der Waals surface area (Å²) in [6, 6.07) is 2.33. The first-order chi connectivity index (χ1) is 18.5. The molecular formula is C28H43F3N6O2. The van der Waals surface area contributed by atoms with Crippen molar-refractivity contribution < 1.29 is 22.7 Å². The van der Waals surface area contributed by atoms with E-state index in [1.165, 1.54) is 0 Å². The van der Waals surface area contributed by atoms with Gasteiger partial charge in [-0.15, -0.1) is 0 Å². The number of rotatable bonds is 6. The number of nitriles is 1. The van der Waals surface area contributed by atoms with E-state index in [1.54, 1.807) is 0 Å². The van der Waals surface area contributed by atoms with Gasteiger partial charge in [-0.2, -0.15) is 18.4 Å². The average Bonchev–Trinajstić information content (AvgIpc) is 3.41. The fourth-order valence-electron chi connectivity index (χ4n) is 8.86. The van der Waals surface area contributed by atoms with E-state index in [9.17, 15) is 23.2 Å². The number of halogens is 3. The molecule has 0 spiro atoms. The minimum atomic E-state index is -4.30. The average molecular weight is 553 g/mol. The first kappa shape index (κ1) is 27.7. The fraction of sp³-hybridized carbons (Fsp3) is 0.929. The standard InChI is InChI=1S/C28H43F3N6O2/c1-26(12-32)13-36(14-26)10-18-6-21-22(23(7-18)28(29,30)31)11-37(25(21)38)20-5-3-4-19(8-20)27(15-39-16-27)9-24-34-33-17-35(24)2/h18-24,33-34H,3-11,13-17H2,1-2H3. The second-order valence-electron chi connectivity index (χ2n) is 13.9. The lowest BCUT2D eigenvalue weighted by Crippen LogP contribution is -2.56. The minimum absolute atomic E-state index is 0.0192. The smallest absolute Gasteiger partial charge is 0.380 e. The topological polar surface area (TPSA) is 83.9 Å². The second kappa shape index (κ2) is 10.1. The van der Waals surface area contributed by atoms with Crippen molar-refractivity contribution in [2.24, 2.45) is 40.4 Å². The number of hydrogen-bond donors (Lipinski definition) is 2. The number of hydrogen-bond acceptors (Lipinski definition) is 7. The lowest BCUT2D eigenvalue weighted by atomic mass is 9.64. The van der Waals surface area contributed by atoms with E-state index in [4.69, 9.17) is 4.74 Å². The third-order valence-electron chi connectivity index (χ3n) is 11.0. The predicted molar refractivity (Wildman–Crippen MR) is 137 cm³/mol. The Hall–Kier alpha value is -1.45. The van der Waals surface area contributed by atoms with Gasteiger partial charge in [0.1, 0.15) is 0 Å². The maximum atomic E-state index is 14.3. The van der Waals surface area contributed by atoms with Gasteiger partial charge in [-0.25, -0.2) is 10.9 Å². The molecule has 7 unspecified atom stereocenters. The van der Waals surface area contributed by atoms with Gasteiger partial charge in [0.2, 0.25) is 5.91 Å². The van der Waals surface area contributed by atoms with Gasteiger partial charge in [0.05, 0.1) is 43.5 Å². The maximum Gasteiger partial charge on any atom is 0.392 e. The Morgan fingerprint density at radius 1 is 1.18 bits per heavy atom. The van der Waals surface area contributed by atoms with Gasteiger partial charge >= 0.3 is 6.18 Å². The van der Waals surface area contributed by atoms with Crippen LogP contribution in [0.25, 0.3) is 0 Å². The third kappa shape index (κ3) is 5.09. The lowest BCUT2D eigenvalue weighted by molar-refractivity contribution is -0.205. The normalized spacial score (nSPS) is 40.6. The summed E-state index contributed by atoms with van der Waals surface area (Å²) in [5.41, 5.74) is 6.22. The summed E-state index contributed by atoms with van der Waals surface area (Å²) < 4.78 is 48.8. The molecule has 4 saturated heterocycles. The molecule has 2 N–H and O–H groups in total. The number of amides is 1. The molecule has 0 aromatic carbocycles. The monoisotopic (exact) mass is 552 g/mol. The highest BCUT2D eigenvalue weighted by atomic mass is 19.4.